The van der Waals surface area contributed by atoms with Crippen LogP contribution in [0.15, 0.2) is 16.8 Å². The van der Waals surface area contributed by atoms with Gasteiger partial charge in [0.25, 0.3) is 10.9 Å². The van der Waals surface area contributed by atoms with Crippen LogP contribution in [0.1, 0.15) is 52.4 Å². The molecule has 38 heavy (non-hydrogen) atoms. The van der Waals surface area contributed by atoms with E-state index in [1.165, 1.54) is 16.7 Å². The van der Waals surface area contributed by atoms with E-state index < -0.39 is 17.1 Å². The number of nitrogens with zero attached hydrogens (tertiary/aromatic N) is 5. The minimum absolute atomic E-state index is 0.110. The Morgan fingerprint density at radius 3 is 2.39 bits per heavy atom. The highest BCUT2D eigenvalue weighted by molar-refractivity contribution is 8.05. The molecule has 1 aromatic heterocycles. The Bertz CT molecular complexity index is 1130. The first kappa shape index (κ1) is 29.0. The maximum absolute atomic E-state index is 13.9. The van der Waals surface area contributed by atoms with Crippen LogP contribution in [0, 0.1) is 6.92 Å². The first-order chi connectivity index (χ1) is 18.1. The summed E-state index contributed by atoms with van der Waals surface area (Å²) in [6.45, 7) is 12.5. The normalized spacial score (nSPS) is 19.1. The molecule has 0 bridgehead atoms. The number of hydrogen-bond acceptors (Lipinski definition) is 9. The molecule has 1 atom stereocenters. The molecule has 3 heterocycles. The fourth-order valence-corrected chi connectivity index (χ4v) is 6.02. The molecule has 3 rings (SSSR count). The Morgan fingerprint density at radius 1 is 1.05 bits per heavy atom. The second-order valence-electron chi connectivity index (χ2n) is 8.57. The lowest BCUT2D eigenvalue weighted by molar-refractivity contribution is -0.134. The van der Waals surface area contributed by atoms with Gasteiger partial charge in [-0.05, 0) is 41.5 Å². The van der Waals surface area contributed by atoms with E-state index >= 15 is 0 Å². The van der Waals surface area contributed by atoms with Crippen molar-refractivity contribution in [2.24, 2.45) is 0 Å². The smallest absolute Gasteiger partial charge is 0.407 e. The largest absolute Gasteiger partial charge is 0.449 e. The number of allylic oxidation sites excluding steroid dienone is 1. The molecule has 1 unspecified atom stereocenters. The minimum Gasteiger partial charge on any atom is -0.449 e. The quantitative estimate of drug-likeness (QED) is 0.375. The van der Waals surface area contributed by atoms with Crippen molar-refractivity contribution in [3.63, 3.8) is 0 Å². The van der Waals surface area contributed by atoms with Gasteiger partial charge in [-0.15, -0.1) is 0 Å². The number of thioether (sulfide) groups is 1. The van der Waals surface area contributed by atoms with E-state index in [1.54, 1.807) is 31.9 Å². The van der Waals surface area contributed by atoms with Gasteiger partial charge in [0, 0.05) is 55.0 Å². The van der Waals surface area contributed by atoms with Crippen LogP contribution < -0.4 is 16.0 Å². The summed E-state index contributed by atoms with van der Waals surface area (Å²) in [7, 11) is 0. The maximum atomic E-state index is 13.9. The number of imide groups is 1. The predicted octanol–water partition coefficient (Wildman–Crippen LogP) is 2.80. The fraction of sp³-hybridized carbons (Fsp3) is 0.583. The topological polar surface area (TPSA) is 149 Å². The van der Waals surface area contributed by atoms with E-state index in [9.17, 15) is 19.2 Å². The summed E-state index contributed by atoms with van der Waals surface area (Å²) in [4.78, 5) is 64.1. The highest BCUT2D eigenvalue weighted by Crippen LogP contribution is 2.53. The van der Waals surface area contributed by atoms with Crippen molar-refractivity contribution in [3.05, 3.63) is 28.2 Å². The Kier molecular flexibility index (Phi) is 9.41. The van der Waals surface area contributed by atoms with Crippen LogP contribution >= 0.6 is 11.8 Å². The minimum atomic E-state index is -1.36. The Balaban J connectivity index is 2.02. The van der Waals surface area contributed by atoms with Crippen molar-refractivity contribution in [1.82, 2.24) is 35.3 Å². The SMILES string of the molecule is CCNC(=O)Nc1nc(C)ncc1CN1C(C)=C(CCOC(=O)NCC)SC12C(=O)N(CC)C(=O)N2CC. The zero-order valence-corrected chi connectivity index (χ0v) is 23.5. The van der Waals surface area contributed by atoms with Gasteiger partial charge < -0.3 is 20.3 Å². The van der Waals surface area contributed by atoms with E-state index in [0.29, 0.717) is 43.3 Å². The zero-order chi connectivity index (χ0) is 28.0. The van der Waals surface area contributed by atoms with E-state index in [0.717, 1.165) is 10.6 Å². The Morgan fingerprint density at radius 2 is 1.76 bits per heavy atom. The molecule has 14 heteroatoms. The molecular formula is C24H36N8O5S. The number of carbonyl (C=O) groups excluding carboxylic acids is 4. The molecular weight excluding hydrogens is 512 g/mol. The average molecular weight is 549 g/mol. The third-order valence-electron chi connectivity index (χ3n) is 6.19. The summed E-state index contributed by atoms with van der Waals surface area (Å²) in [6.07, 6.45) is 1.46. The zero-order valence-electron chi connectivity index (χ0n) is 22.7. The summed E-state index contributed by atoms with van der Waals surface area (Å²) in [5, 5.41) is 8.04. The van der Waals surface area contributed by atoms with Crippen LogP contribution in [0.5, 0.6) is 0 Å². The monoisotopic (exact) mass is 548 g/mol. The predicted molar refractivity (Wildman–Crippen MR) is 143 cm³/mol. The molecule has 0 radical (unpaired) electrons. The van der Waals surface area contributed by atoms with Crippen LogP contribution in [0.2, 0.25) is 0 Å². The van der Waals surface area contributed by atoms with Gasteiger partial charge in [0.05, 0.1) is 13.2 Å². The molecule has 6 amide bonds. The first-order valence-corrected chi connectivity index (χ1v) is 13.5. The number of aryl methyl sites for hydroxylation is 1. The van der Waals surface area contributed by atoms with E-state index in [4.69, 9.17) is 4.74 Å². The molecule has 208 valence electrons. The number of carbonyl (C=O) groups is 4. The van der Waals surface area contributed by atoms with Crippen LogP contribution in [0.4, 0.5) is 20.2 Å². The summed E-state index contributed by atoms with van der Waals surface area (Å²) in [6, 6.07) is -0.779. The summed E-state index contributed by atoms with van der Waals surface area (Å²) in [5.41, 5.74) is 1.34. The third kappa shape index (κ3) is 5.49. The third-order valence-corrected chi connectivity index (χ3v) is 7.84. The van der Waals surface area contributed by atoms with Crippen LogP contribution in [-0.2, 0) is 16.1 Å². The molecule has 1 fully saturated rings. The molecule has 1 spiro atoms. The molecule has 13 nitrogen and oxygen atoms in total. The van der Waals surface area contributed by atoms with Gasteiger partial charge in [-0.3, -0.25) is 19.9 Å². The molecule has 1 saturated heterocycles. The highest BCUT2D eigenvalue weighted by atomic mass is 32.2. The number of ether oxygens (including phenoxy) is 1. The molecule has 3 N–H and O–H groups in total. The average Bonchev–Trinajstić information content (AvgIpc) is 3.25. The number of rotatable bonds is 10. The van der Waals surface area contributed by atoms with E-state index in [-0.39, 0.29) is 31.6 Å². The van der Waals surface area contributed by atoms with Gasteiger partial charge in [0.15, 0.2) is 0 Å². The second-order valence-corrected chi connectivity index (χ2v) is 9.84. The number of nitrogens with one attached hydrogen (secondary N) is 3. The van der Waals surface area contributed by atoms with E-state index in [2.05, 4.69) is 25.9 Å². The second kappa shape index (κ2) is 12.3. The van der Waals surface area contributed by atoms with Crippen molar-refractivity contribution in [3.8, 4) is 0 Å². The number of hydrogen-bond donors (Lipinski definition) is 3. The Hall–Kier alpha value is -3.55. The van der Waals surface area contributed by atoms with Gasteiger partial charge in [0.2, 0.25) is 0 Å². The van der Waals surface area contributed by atoms with Gasteiger partial charge >= 0.3 is 18.2 Å². The van der Waals surface area contributed by atoms with Crippen LogP contribution in [0.3, 0.4) is 0 Å². The molecule has 0 saturated carbocycles. The molecule has 2 aliphatic heterocycles. The number of amides is 6. The van der Waals surface area contributed by atoms with Crippen LogP contribution in [0.25, 0.3) is 0 Å². The first-order valence-electron chi connectivity index (χ1n) is 12.7. The van der Waals surface area contributed by atoms with Crippen molar-refractivity contribution in [1.29, 1.82) is 0 Å². The Labute approximate surface area is 226 Å². The van der Waals surface area contributed by atoms with Crippen molar-refractivity contribution >= 4 is 41.6 Å². The fourth-order valence-electron chi connectivity index (χ4n) is 4.41. The van der Waals surface area contributed by atoms with Gasteiger partial charge in [-0.25, -0.2) is 24.4 Å². The molecule has 1 aromatic rings. The van der Waals surface area contributed by atoms with Gasteiger partial charge in [-0.2, -0.15) is 0 Å². The number of alkyl carbamates (subject to hydrolysis) is 1. The summed E-state index contributed by atoms with van der Waals surface area (Å²) < 4.78 is 5.27. The lowest BCUT2D eigenvalue weighted by Crippen LogP contribution is -2.56. The van der Waals surface area contributed by atoms with Gasteiger partial charge in [-0.1, -0.05) is 11.8 Å². The summed E-state index contributed by atoms with van der Waals surface area (Å²) in [5.74, 6) is 0.444. The molecule has 2 aliphatic rings. The molecule has 0 aromatic carbocycles. The van der Waals surface area contributed by atoms with Crippen LogP contribution in [-0.4, -0.2) is 86.5 Å². The molecule has 0 aliphatic carbocycles. The van der Waals surface area contributed by atoms with Crippen molar-refractivity contribution < 1.29 is 23.9 Å². The maximum Gasteiger partial charge on any atom is 0.407 e. The lowest BCUT2D eigenvalue weighted by atomic mass is 10.2. The summed E-state index contributed by atoms with van der Waals surface area (Å²) >= 11 is 1.28. The van der Waals surface area contributed by atoms with Crippen molar-refractivity contribution in [2.45, 2.75) is 59.5 Å². The number of likely N-dealkylation sites (N-methyl/N-ethyl adjacent to an activating group) is 2. The lowest BCUT2D eigenvalue weighted by Gasteiger charge is -2.40. The number of aromatic nitrogens is 2. The van der Waals surface area contributed by atoms with E-state index in [1.807, 2.05) is 25.7 Å². The highest BCUT2D eigenvalue weighted by Gasteiger charge is 2.64. The van der Waals surface area contributed by atoms with Crippen molar-refractivity contribution in [2.75, 3.05) is 38.1 Å². The standard InChI is InChI=1S/C24H36N8O5S/c1-7-25-21(34)29-19-17(13-27-16(6)28-19)14-32-15(5)18(11-12-37-22(35)26-8-2)38-24(32)20(33)30(9-3)23(36)31(24)10-4/h13H,7-12,14H2,1-6H3,(H,26,35)(H2,25,27,28,29,34). The number of urea groups is 2. The number of anilines is 1. The van der Waals surface area contributed by atoms with Gasteiger partial charge in [0.1, 0.15) is 11.6 Å².